The van der Waals surface area contributed by atoms with Crippen molar-refractivity contribution in [2.75, 3.05) is 31.7 Å². The number of anilines is 1. The normalized spacial score (nSPS) is 18.0. The number of hydrogen-bond acceptors (Lipinski definition) is 6. The fraction of sp³-hybridized carbons (Fsp3) is 0.400. The molecule has 1 aromatic carbocycles. The number of amides is 1. The number of ether oxygens (including phenoxy) is 3. The van der Waals surface area contributed by atoms with Crippen molar-refractivity contribution in [2.24, 2.45) is 11.7 Å². The fourth-order valence-electron chi connectivity index (χ4n) is 3.37. The van der Waals surface area contributed by atoms with E-state index in [9.17, 15) is 4.79 Å². The second-order valence-corrected chi connectivity index (χ2v) is 6.73. The topological polar surface area (TPSA) is 95.7 Å². The number of nitrogens with two attached hydrogens (primary N) is 1. The van der Waals surface area contributed by atoms with Gasteiger partial charge in [0.15, 0.2) is 11.5 Å². The van der Waals surface area contributed by atoms with Gasteiger partial charge in [0.25, 0.3) is 0 Å². The van der Waals surface area contributed by atoms with E-state index in [-0.39, 0.29) is 11.8 Å². The number of hydrogen-bond donors (Lipinski definition) is 2. The lowest BCUT2D eigenvalue weighted by atomic mass is 9.92. The van der Waals surface area contributed by atoms with E-state index in [1.54, 1.807) is 6.07 Å². The third-order valence-corrected chi connectivity index (χ3v) is 4.91. The van der Waals surface area contributed by atoms with Crippen molar-refractivity contribution >= 4 is 11.7 Å². The van der Waals surface area contributed by atoms with E-state index >= 15 is 0 Å². The van der Waals surface area contributed by atoms with Crippen LogP contribution in [-0.4, -0.2) is 43.4 Å². The van der Waals surface area contributed by atoms with Gasteiger partial charge in [-0.25, -0.2) is 4.98 Å². The van der Waals surface area contributed by atoms with E-state index < -0.39 is 6.04 Å². The Kier molecular flexibility index (Phi) is 5.22. The molecule has 0 spiro atoms. The first-order valence-corrected chi connectivity index (χ1v) is 9.22. The SMILES string of the molecule is NC(C(=O)Nc1cccc(-c2ccc3c(c2)OCCO3)n1)C1CCOCC1. The zero-order valence-electron chi connectivity index (χ0n) is 15.0. The molecule has 4 rings (SSSR count). The number of carbonyl (C=O) groups excluding carboxylic acids is 1. The van der Waals surface area contributed by atoms with Crippen molar-refractivity contribution in [2.45, 2.75) is 18.9 Å². The van der Waals surface area contributed by atoms with Crippen LogP contribution in [0.3, 0.4) is 0 Å². The molecular weight excluding hydrogens is 346 g/mol. The van der Waals surface area contributed by atoms with Crippen LogP contribution in [0.4, 0.5) is 5.82 Å². The second kappa shape index (κ2) is 7.94. The molecule has 1 fully saturated rings. The van der Waals surface area contributed by atoms with E-state index in [2.05, 4.69) is 10.3 Å². The standard InChI is InChI=1S/C20H23N3O4/c21-19(13-6-8-25-9-7-13)20(24)23-18-3-1-2-15(22-18)14-4-5-16-17(12-14)27-11-10-26-16/h1-5,12-13,19H,6-11,21H2,(H,22,23,24). The van der Waals surface area contributed by atoms with Gasteiger partial charge in [0.2, 0.25) is 5.91 Å². The summed E-state index contributed by atoms with van der Waals surface area (Å²) in [5.41, 5.74) is 7.77. The van der Waals surface area contributed by atoms with Gasteiger partial charge in [-0.15, -0.1) is 0 Å². The summed E-state index contributed by atoms with van der Waals surface area (Å²) >= 11 is 0. The highest BCUT2D eigenvalue weighted by molar-refractivity contribution is 5.94. The number of pyridine rings is 1. The first-order chi connectivity index (χ1) is 13.2. The van der Waals surface area contributed by atoms with Crippen molar-refractivity contribution in [1.82, 2.24) is 4.98 Å². The van der Waals surface area contributed by atoms with E-state index in [1.165, 1.54) is 0 Å². The third-order valence-electron chi connectivity index (χ3n) is 4.91. The molecule has 1 amide bonds. The van der Waals surface area contributed by atoms with Gasteiger partial charge >= 0.3 is 0 Å². The first kappa shape index (κ1) is 17.8. The lowest BCUT2D eigenvalue weighted by Gasteiger charge is -2.26. The Hall–Kier alpha value is -2.64. The van der Waals surface area contributed by atoms with Crippen LogP contribution in [0.1, 0.15) is 12.8 Å². The molecule has 0 bridgehead atoms. The van der Waals surface area contributed by atoms with Gasteiger partial charge in [0.1, 0.15) is 19.0 Å². The Morgan fingerprint density at radius 3 is 2.67 bits per heavy atom. The third kappa shape index (κ3) is 4.04. The Labute approximate surface area is 157 Å². The smallest absolute Gasteiger partial charge is 0.242 e. The second-order valence-electron chi connectivity index (χ2n) is 6.73. The van der Waals surface area contributed by atoms with Crippen LogP contribution in [0.5, 0.6) is 11.5 Å². The number of rotatable bonds is 4. The first-order valence-electron chi connectivity index (χ1n) is 9.22. The van der Waals surface area contributed by atoms with Crippen molar-refractivity contribution in [1.29, 1.82) is 0 Å². The highest BCUT2D eigenvalue weighted by atomic mass is 16.6. The summed E-state index contributed by atoms with van der Waals surface area (Å²) < 4.78 is 16.5. The molecule has 7 nitrogen and oxygen atoms in total. The average molecular weight is 369 g/mol. The fourth-order valence-corrected chi connectivity index (χ4v) is 3.37. The zero-order valence-corrected chi connectivity index (χ0v) is 15.0. The summed E-state index contributed by atoms with van der Waals surface area (Å²) in [6.07, 6.45) is 1.61. The molecule has 3 N–H and O–H groups in total. The molecule has 7 heteroatoms. The van der Waals surface area contributed by atoms with Crippen molar-refractivity contribution in [3.8, 4) is 22.8 Å². The molecule has 1 atom stereocenters. The largest absolute Gasteiger partial charge is 0.486 e. The van der Waals surface area contributed by atoms with E-state index in [4.69, 9.17) is 19.9 Å². The Morgan fingerprint density at radius 1 is 1.07 bits per heavy atom. The molecule has 1 unspecified atom stereocenters. The molecule has 142 valence electrons. The molecule has 2 aliphatic rings. The van der Waals surface area contributed by atoms with Gasteiger partial charge in [-0.2, -0.15) is 0 Å². The predicted molar refractivity (Wildman–Crippen MR) is 101 cm³/mol. The number of aromatic nitrogens is 1. The van der Waals surface area contributed by atoms with Crippen molar-refractivity contribution < 1.29 is 19.0 Å². The Morgan fingerprint density at radius 2 is 1.85 bits per heavy atom. The quantitative estimate of drug-likeness (QED) is 0.858. The summed E-state index contributed by atoms with van der Waals surface area (Å²) in [5.74, 6) is 1.84. The molecule has 0 radical (unpaired) electrons. The van der Waals surface area contributed by atoms with Crippen LogP contribution in [0, 0.1) is 5.92 Å². The molecule has 1 aromatic heterocycles. The molecule has 1 saturated heterocycles. The van der Waals surface area contributed by atoms with Gasteiger partial charge < -0.3 is 25.3 Å². The minimum absolute atomic E-state index is 0.139. The number of carbonyl (C=O) groups is 1. The summed E-state index contributed by atoms with van der Waals surface area (Å²) in [5, 5.41) is 2.84. The van der Waals surface area contributed by atoms with E-state index in [0.717, 1.165) is 29.8 Å². The van der Waals surface area contributed by atoms with Crippen LogP contribution in [0.2, 0.25) is 0 Å². The van der Waals surface area contributed by atoms with Crippen LogP contribution in [-0.2, 0) is 9.53 Å². The van der Waals surface area contributed by atoms with Crippen LogP contribution in [0.25, 0.3) is 11.3 Å². The maximum Gasteiger partial charge on any atom is 0.242 e. The predicted octanol–water partition coefficient (Wildman–Crippen LogP) is 2.21. The number of benzene rings is 1. The number of nitrogens with one attached hydrogen (secondary N) is 1. The Bertz CT molecular complexity index is 821. The summed E-state index contributed by atoms with van der Waals surface area (Å²) in [6.45, 7) is 2.40. The van der Waals surface area contributed by atoms with Crippen LogP contribution in [0.15, 0.2) is 36.4 Å². The zero-order chi connectivity index (χ0) is 18.6. The van der Waals surface area contributed by atoms with E-state index in [0.29, 0.717) is 38.0 Å². The average Bonchev–Trinajstić information content (AvgIpc) is 2.73. The van der Waals surface area contributed by atoms with E-state index in [1.807, 2.05) is 30.3 Å². The van der Waals surface area contributed by atoms with Gasteiger partial charge in [-0.3, -0.25) is 4.79 Å². The molecule has 2 aliphatic heterocycles. The number of nitrogens with zero attached hydrogens (tertiary/aromatic N) is 1. The van der Waals surface area contributed by atoms with Crippen molar-refractivity contribution in [3.63, 3.8) is 0 Å². The minimum atomic E-state index is -0.561. The van der Waals surface area contributed by atoms with Crippen molar-refractivity contribution in [3.05, 3.63) is 36.4 Å². The maximum absolute atomic E-state index is 12.5. The summed E-state index contributed by atoms with van der Waals surface area (Å²) in [6, 6.07) is 10.6. The summed E-state index contributed by atoms with van der Waals surface area (Å²) in [4.78, 5) is 17.0. The Balaban J connectivity index is 1.48. The van der Waals surface area contributed by atoms with Gasteiger partial charge in [0, 0.05) is 18.8 Å². The monoisotopic (exact) mass is 369 g/mol. The molecule has 27 heavy (non-hydrogen) atoms. The van der Waals surface area contributed by atoms with Gasteiger partial charge in [-0.1, -0.05) is 6.07 Å². The number of fused-ring (bicyclic) bond motifs is 1. The lowest BCUT2D eigenvalue weighted by molar-refractivity contribution is -0.119. The lowest BCUT2D eigenvalue weighted by Crippen LogP contribution is -2.44. The maximum atomic E-state index is 12.5. The molecule has 3 heterocycles. The van der Waals surface area contributed by atoms with Gasteiger partial charge in [0.05, 0.1) is 11.7 Å². The highest BCUT2D eigenvalue weighted by Crippen LogP contribution is 2.34. The molecule has 2 aromatic rings. The van der Waals surface area contributed by atoms with Crippen LogP contribution < -0.4 is 20.5 Å². The van der Waals surface area contributed by atoms with Gasteiger partial charge in [-0.05, 0) is 49.1 Å². The minimum Gasteiger partial charge on any atom is -0.486 e. The highest BCUT2D eigenvalue weighted by Gasteiger charge is 2.26. The van der Waals surface area contributed by atoms with Crippen LogP contribution >= 0.6 is 0 Å². The molecule has 0 saturated carbocycles. The molecule has 0 aliphatic carbocycles. The summed E-state index contributed by atoms with van der Waals surface area (Å²) in [7, 11) is 0. The molecular formula is C20H23N3O4.